The van der Waals surface area contributed by atoms with Gasteiger partial charge in [0.2, 0.25) is 11.8 Å². The van der Waals surface area contributed by atoms with E-state index in [0.717, 1.165) is 36.1 Å². The molecule has 1 aromatic rings. The average molecular weight is 316 g/mol. The molecule has 0 saturated carbocycles. The SMILES string of the molecule is COc1ccc(/C(C)=C/C(=O)N2CCCC[C@H]2CC(N)=O)cc1. The van der Waals surface area contributed by atoms with Gasteiger partial charge in [-0.3, -0.25) is 9.59 Å². The molecule has 0 aliphatic carbocycles. The van der Waals surface area contributed by atoms with Gasteiger partial charge in [-0.1, -0.05) is 12.1 Å². The van der Waals surface area contributed by atoms with Crippen molar-refractivity contribution in [1.29, 1.82) is 0 Å². The fraction of sp³-hybridized carbons (Fsp3) is 0.444. The zero-order chi connectivity index (χ0) is 16.8. The number of allylic oxidation sites excluding steroid dienone is 1. The Balaban J connectivity index is 2.11. The van der Waals surface area contributed by atoms with Gasteiger partial charge in [-0.05, 0) is 49.5 Å². The first-order valence-electron chi connectivity index (χ1n) is 7.93. The van der Waals surface area contributed by atoms with E-state index in [9.17, 15) is 9.59 Å². The number of rotatable bonds is 5. The van der Waals surface area contributed by atoms with Crippen molar-refractivity contribution in [3.05, 3.63) is 35.9 Å². The lowest BCUT2D eigenvalue weighted by atomic mass is 9.98. The third-order valence-corrected chi connectivity index (χ3v) is 4.23. The van der Waals surface area contributed by atoms with E-state index in [4.69, 9.17) is 10.5 Å². The van der Waals surface area contributed by atoms with Crippen LogP contribution in [0, 0.1) is 0 Å². The number of methoxy groups -OCH3 is 1. The second-order valence-corrected chi connectivity index (χ2v) is 5.91. The molecular weight excluding hydrogens is 292 g/mol. The number of hydrogen-bond acceptors (Lipinski definition) is 3. The Hall–Kier alpha value is -2.30. The molecule has 2 rings (SSSR count). The van der Waals surface area contributed by atoms with E-state index in [1.807, 2.05) is 31.2 Å². The number of hydrogen-bond donors (Lipinski definition) is 1. The van der Waals surface area contributed by atoms with E-state index in [1.54, 1.807) is 18.1 Å². The quantitative estimate of drug-likeness (QED) is 0.848. The minimum absolute atomic E-state index is 0.0516. The molecule has 2 N–H and O–H groups in total. The van der Waals surface area contributed by atoms with Gasteiger partial charge >= 0.3 is 0 Å². The van der Waals surface area contributed by atoms with Crippen molar-refractivity contribution in [3.63, 3.8) is 0 Å². The van der Waals surface area contributed by atoms with Gasteiger partial charge in [-0.2, -0.15) is 0 Å². The molecule has 5 heteroatoms. The second-order valence-electron chi connectivity index (χ2n) is 5.91. The molecule has 124 valence electrons. The monoisotopic (exact) mass is 316 g/mol. The summed E-state index contributed by atoms with van der Waals surface area (Å²) in [5.41, 5.74) is 7.17. The van der Waals surface area contributed by atoms with Crippen molar-refractivity contribution in [2.24, 2.45) is 5.73 Å². The van der Waals surface area contributed by atoms with Crippen LogP contribution in [-0.4, -0.2) is 36.4 Å². The fourth-order valence-electron chi connectivity index (χ4n) is 2.94. The first kappa shape index (κ1) is 17.1. The third-order valence-electron chi connectivity index (χ3n) is 4.23. The minimum Gasteiger partial charge on any atom is -0.497 e. The van der Waals surface area contributed by atoms with Crippen molar-refractivity contribution in [3.8, 4) is 5.75 Å². The Morgan fingerprint density at radius 3 is 2.61 bits per heavy atom. The Kier molecular flexibility index (Phi) is 5.79. The van der Waals surface area contributed by atoms with Crippen LogP contribution < -0.4 is 10.5 Å². The van der Waals surface area contributed by atoms with Gasteiger partial charge in [0.15, 0.2) is 0 Å². The second kappa shape index (κ2) is 7.81. The van der Waals surface area contributed by atoms with E-state index in [2.05, 4.69) is 0 Å². The van der Waals surface area contributed by atoms with Crippen LogP contribution in [0.2, 0.25) is 0 Å². The lowest BCUT2D eigenvalue weighted by Gasteiger charge is -2.34. The Morgan fingerprint density at radius 2 is 2.00 bits per heavy atom. The Bertz CT molecular complexity index is 593. The van der Waals surface area contributed by atoms with Crippen LogP contribution in [0.1, 0.15) is 38.2 Å². The lowest BCUT2D eigenvalue weighted by Crippen LogP contribution is -2.44. The summed E-state index contributed by atoms with van der Waals surface area (Å²) < 4.78 is 5.14. The standard InChI is InChI=1S/C18H24N2O3/c1-13(14-6-8-16(23-2)9-7-14)11-18(22)20-10-4-3-5-15(20)12-17(19)21/h6-9,11,15H,3-5,10,12H2,1-2H3,(H2,19,21)/b13-11+/t15-/m0/s1. The van der Waals surface area contributed by atoms with Gasteiger partial charge in [0.1, 0.15) is 5.75 Å². The molecule has 0 aromatic heterocycles. The van der Waals surface area contributed by atoms with Gasteiger partial charge in [0.25, 0.3) is 0 Å². The van der Waals surface area contributed by atoms with Crippen LogP contribution in [0.15, 0.2) is 30.3 Å². The van der Waals surface area contributed by atoms with Crippen molar-refractivity contribution >= 4 is 17.4 Å². The molecule has 23 heavy (non-hydrogen) atoms. The topological polar surface area (TPSA) is 72.6 Å². The molecular formula is C18H24N2O3. The van der Waals surface area contributed by atoms with E-state index in [-0.39, 0.29) is 24.3 Å². The van der Waals surface area contributed by atoms with Gasteiger partial charge in [0, 0.05) is 25.1 Å². The fourth-order valence-corrected chi connectivity index (χ4v) is 2.94. The van der Waals surface area contributed by atoms with Crippen molar-refractivity contribution in [2.45, 2.75) is 38.6 Å². The largest absolute Gasteiger partial charge is 0.497 e. The third kappa shape index (κ3) is 4.58. The number of carbonyl (C=O) groups excluding carboxylic acids is 2. The minimum atomic E-state index is -0.356. The maximum absolute atomic E-state index is 12.6. The molecule has 2 amide bonds. The number of benzene rings is 1. The number of amides is 2. The van der Waals surface area contributed by atoms with E-state index < -0.39 is 0 Å². The maximum Gasteiger partial charge on any atom is 0.247 e. The van der Waals surface area contributed by atoms with Crippen molar-refractivity contribution in [1.82, 2.24) is 4.90 Å². The summed E-state index contributed by atoms with van der Waals surface area (Å²) in [6, 6.07) is 7.51. The summed E-state index contributed by atoms with van der Waals surface area (Å²) in [5.74, 6) is 0.375. The summed E-state index contributed by atoms with van der Waals surface area (Å²) in [4.78, 5) is 25.5. The molecule has 0 radical (unpaired) electrons. The van der Waals surface area contributed by atoms with Gasteiger partial charge < -0.3 is 15.4 Å². The molecule has 1 saturated heterocycles. The van der Waals surface area contributed by atoms with Crippen LogP contribution in [0.4, 0.5) is 0 Å². The lowest BCUT2D eigenvalue weighted by molar-refractivity contribution is -0.130. The summed E-state index contributed by atoms with van der Waals surface area (Å²) in [7, 11) is 1.62. The summed E-state index contributed by atoms with van der Waals surface area (Å²) in [6.45, 7) is 2.59. The van der Waals surface area contributed by atoms with E-state index in [1.165, 1.54) is 0 Å². The smallest absolute Gasteiger partial charge is 0.247 e. The Labute approximate surface area is 137 Å². The first-order valence-corrected chi connectivity index (χ1v) is 7.93. The van der Waals surface area contributed by atoms with Crippen molar-refractivity contribution in [2.75, 3.05) is 13.7 Å². The van der Waals surface area contributed by atoms with E-state index >= 15 is 0 Å². The molecule has 5 nitrogen and oxygen atoms in total. The summed E-state index contributed by atoms with van der Waals surface area (Å²) in [5, 5.41) is 0. The highest BCUT2D eigenvalue weighted by Gasteiger charge is 2.26. The normalized spacial score (nSPS) is 18.6. The summed E-state index contributed by atoms with van der Waals surface area (Å²) >= 11 is 0. The number of piperidine rings is 1. The summed E-state index contributed by atoms with van der Waals surface area (Å²) in [6.07, 6.45) is 4.71. The zero-order valence-corrected chi connectivity index (χ0v) is 13.7. The molecule has 1 heterocycles. The van der Waals surface area contributed by atoms with Crippen molar-refractivity contribution < 1.29 is 14.3 Å². The zero-order valence-electron chi connectivity index (χ0n) is 13.7. The average Bonchev–Trinajstić information content (AvgIpc) is 2.54. The molecule has 1 aromatic carbocycles. The van der Waals surface area contributed by atoms with Crippen LogP contribution in [0.5, 0.6) is 5.75 Å². The number of nitrogens with two attached hydrogens (primary N) is 1. The molecule has 1 fully saturated rings. The first-order chi connectivity index (χ1) is 11.0. The van der Waals surface area contributed by atoms with E-state index in [0.29, 0.717) is 6.54 Å². The number of likely N-dealkylation sites (tertiary alicyclic amines) is 1. The predicted molar refractivity (Wildman–Crippen MR) is 89.8 cm³/mol. The number of ether oxygens (including phenoxy) is 1. The van der Waals surface area contributed by atoms with Gasteiger partial charge in [-0.15, -0.1) is 0 Å². The van der Waals surface area contributed by atoms with Crippen LogP contribution >= 0.6 is 0 Å². The van der Waals surface area contributed by atoms with Crippen LogP contribution in [0.25, 0.3) is 5.57 Å². The molecule has 1 aliphatic rings. The molecule has 1 atom stereocenters. The highest BCUT2D eigenvalue weighted by molar-refractivity contribution is 5.95. The molecule has 1 aliphatic heterocycles. The van der Waals surface area contributed by atoms with Crippen LogP contribution in [-0.2, 0) is 9.59 Å². The van der Waals surface area contributed by atoms with Gasteiger partial charge in [0.05, 0.1) is 7.11 Å². The highest BCUT2D eigenvalue weighted by atomic mass is 16.5. The maximum atomic E-state index is 12.6. The number of carbonyl (C=O) groups is 2. The van der Waals surface area contributed by atoms with Crippen LogP contribution in [0.3, 0.4) is 0 Å². The van der Waals surface area contributed by atoms with Gasteiger partial charge in [-0.25, -0.2) is 0 Å². The number of primary amides is 1. The number of nitrogens with zero attached hydrogens (tertiary/aromatic N) is 1. The molecule has 0 spiro atoms. The molecule has 0 bridgehead atoms. The molecule has 0 unspecified atom stereocenters. The highest BCUT2D eigenvalue weighted by Crippen LogP contribution is 2.22. The predicted octanol–water partition coefficient (Wildman–Crippen LogP) is 2.36. The Morgan fingerprint density at radius 1 is 1.30 bits per heavy atom.